The zero-order chi connectivity index (χ0) is 22.1. The van der Waals surface area contributed by atoms with Crippen molar-refractivity contribution in [1.29, 1.82) is 0 Å². The van der Waals surface area contributed by atoms with Crippen molar-refractivity contribution in [2.24, 2.45) is 0 Å². The van der Waals surface area contributed by atoms with Crippen LogP contribution in [0.15, 0.2) is 60.7 Å². The van der Waals surface area contributed by atoms with Gasteiger partial charge < -0.3 is 4.90 Å². The summed E-state index contributed by atoms with van der Waals surface area (Å²) < 4.78 is 1.97. The Morgan fingerprint density at radius 2 is 1.75 bits per heavy atom. The second-order valence-corrected chi connectivity index (χ2v) is 9.57. The van der Waals surface area contributed by atoms with Gasteiger partial charge in [-0.3, -0.25) is 9.69 Å². The maximum absolute atomic E-state index is 13.3. The first-order chi connectivity index (χ1) is 15.6. The van der Waals surface area contributed by atoms with E-state index >= 15 is 0 Å². The Morgan fingerprint density at radius 1 is 0.969 bits per heavy atom. The maximum Gasteiger partial charge on any atom is 0.264 e. The molecule has 32 heavy (non-hydrogen) atoms. The van der Waals surface area contributed by atoms with E-state index in [0.29, 0.717) is 0 Å². The molecule has 0 saturated carbocycles. The molecule has 1 amide bonds. The maximum atomic E-state index is 13.3. The van der Waals surface area contributed by atoms with Crippen molar-refractivity contribution in [1.82, 2.24) is 19.6 Å². The van der Waals surface area contributed by atoms with Gasteiger partial charge in [0.1, 0.15) is 4.83 Å². The molecule has 5 rings (SSSR count). The summed E-state index contributed by atoms with van der Waals surface area (Å²) in [4.78, 5) is 19.6. The largest absolute Gasteiger partial charge is 0.335 e. The van der Waals surface area contributed by atoms with Crippen LogP contribution >= 0.6 is 11.3 Å². The van der Waals surface area contributed by atoms with E-state index in [9.17, 15) is 4.79 Å². The molecule has 1 aliphatic rings. The number of benzene rings is 2. The average Bonchev–Trinajstić information content (AvgIpc) is 3.39. The summed E-state index contributed by atoms with van der Waals surface area (Å²) in [5, 5.41) is 5.80. The molecule has 0 atom stereocenters. The number of hydrogen-bond donors (Lipinski definition) is 0. The fourth-order valence-corrected chi connectivity index (χ4v) is 5.50. The van der Waals surface area contributed by atoms with Crippen LogP contribution in [-0.4, -0.2) is 58.2 Å². The van der Waals surface area contributed by atoms with Gasteiger partial charge in [0, 0.05) is 38.1 Å². The number of rotatable bonds is 5. The van der Waals surface area contributed by atoms with Crippen molar-refractivity contribution < 1.29 is 4.79 Å². The van der Waals surface area contributed by atoms with Gasteiger partial charge in [0.25, 0.3) is 5.91 Å². The van der Waals surface area contributed by atoms with Crippen LogP contribution in [0.2, 0.25) is 0 Å². The second kappa shape index (κ2) is 8.88. The molecule has 1 aliphatic heterocycles. The van der Waals surface area contributed by atoms with Crippen LogP contribution in [0.5, 0.6) is 0 Å². The van der Waals surface area contributed by atoms with E-state index < -0.39 is 0 Å². The second-order valence-electron chi connectivity index (χ2n) is 8.54. The van der Waals surface area contributed by atoms with Gasteiger partial charge in [-0.25, -0.2) is 4.68 Å². The highest BCUT2D eigenvalue weighted by atomic mass is 32.1. The van der Waals surface area contributed by atoms with Crippen LogP contribution in [0.1, 0.15) is 26.5 Å². The molecule has 0 aliphatic carbocycles. The van der Waals surface area contributed by atoms with Gasteiger partial charge in [-0.05, 0) is 49.6 Å². The van der Waals surface area contributed by atoms with Crippen LogP contribution in [0.3, 0.4) is 0 Å². The minimum Gasteiger partial charge on any atom is -0.335 e. The predicted molar refractivity (Wildman–Crippen MR) is 131 cm³/mol. The zero-order valence-electron chi connectivity index (χ0n) is 18.6. The fraction of sp³-hybridized carbons (Fsp3) is 0.308. The van der Waals surface area contributed by atoms with E-state index in [1.165, 1.54) is 11.1 Å². The van der Waals surface area contributed by atoms with Crippen LogP contribution in [0.4, 0.5) is 0 Å². The smallest absolute Gasteiger partial charge is 0.264 e. The minimum atomic E-state index is 0.143. The van der Waals surface area contributed by atoms with Crippen molar-refractivity contribution in [2.75, 3.05) is 32.7 Å². The van der Waals surface area contributed by atoms with E-state index in [0.717, 1.165) is 65.6 Å². The van der Waals surface area contributed by atoms with Gasteiger partial charge >= 0.3 is 0 Å². The summed E-state index contributed by atoms with van der Waals surface area (Å²) in [6.07, 6.45) is 1.06. The molecule has 0 bridgehead atoms. The van der Waals surface area contributed by atoms with Gasteiger partial charge in [0.05, 0.1) is 16.3 Å². The lowest BCUT2D eigenvalue weighted by Gasteiger charge is -2.34. The first kappa shape index (κ1) is 20.9. The number of aromatic nitrogens is 2. The zero-order valence-corrected chi connectivity index (χ0v) is 19.4. The predicted octanol–water partition coefficient (Wildman–Crippen LogP) is 4.70. The monoisotopic (exact) mass is 444 g/mol. The molecular weight excluding hydrogens is 416 g/mol. The molecule has 5 nitrogen and oxygen atoms in total. The van der Waals surface area contributed by atoms with Gasteiger partial charge in [-0.1, -0.05) is 42.5 Å². The number of carbonyl (C=O) groups is 1. The summed E-state index contributed by atoms with van der Waals surface area (Å²) in [5.41, 5.74) is 4.56. The number of nitrogens with zero attached hydrogens (tertiary/aromatic N) is 4. The normalized spacial score (nSPS) is 14.9. The minimum absolute atomic E-state index is 0.143. The average molecular weight is 445 g/mol. The number of amides is 1. The lowest BCUT2D eigenvalue weighted by molar-refractivity contribution is 0.0643. The van der Waals surface area contributed by atoms with E-state index in [1.54, 1.807) is 11.3 Å². The lowest BCUT2D eigenvalue weighted by atomic mass is 10.1. The SMILES string of the molecule is Cc1cccc(-n2nc(C)c3cc(C(=O)N4CCN(CCc5ccccc5)CC4)sc32)c1. The number of thiophene rings is 1. The van der Waals surface area contributed by atoms with Crippen LogP contribution in [-0.2, 0) is 6.42 Å². The quantitative estimate of drug-likeness (QED) is 0.448. The number of piperazine rings is 1. The topological polar surface area (TPSA) is 41.4 Å². The van der Waals surface area contributed by atoms with E-state index in [2.05, 4.69) is 60.4 Å². The Morgan fingerprint density at radius 3 is 2.50 bits per heavy atom. The number of aryl methyl sites for hydroxylation is 2. The third-order valence-corrected chi connectivity index (χ3v) is 7.32. The highest BCUT2D eigenvalue weighted by Crippen LogP contribution is 2.31. The Balaban J connectivity index is 1.27. The summed E-state index contributed by atoms with van der Waals surface area (Å²) in [6.45, 7) is 8.57. The Bertz CT molecular complexity index is 1240. The molecule has 6 heteroatoms. The van der Waals surface area contributed by atoms with Crippen molar-refractivity contribution >= 4 is 27.5 Å². The van der Waals surface area contributed by atoms with Gasteiger partial charge in [-0.2, -0.15) is 5.10 Å². The molecule has 1 fully saturated rings. The first-order valence-corrected chi connectivity index (χ1v) is 12.0. The highest BCUT2D eigenvalue weighted by molar-refractivity contribution is 7.20. The standard InChI is InChI=1S/C26H28N4OS/c1-19-7-6-10-22(17-19)30-26-23(20(2)27-30)18-24(32-26)25(31)29-15-13-28(14-16-29)12-11-21-8-4-3-5-9-21/h3-10,17-18H,11-16H2,1-2H3. The Hall–Kier alpha value is -2.96. The number of carbonyl (C=O) groups excluding carboxylic acids is 1. The highest BCUT2D eigenvalue weighted by Gasteiger charge is 2.25. The molecule has 4 aromatic rings. The van der Waals surface area contributed by atoms with Gasteiger partial charge in [-0.15, -0.1) is 11.3 Å². The van der Waals surface area contributed by atoms with Crippen molar-refractivity contribution in [3.05, 3.63) is 82.4 Å². The van der Waals surface area contributed by atoms with Crippen LogP contribution in [0, 0.1) is 13.8 Å². The lowest BCUT2D eigenvalue weighted by Crippen LogP contribution is -2.48. The number of hydrogen-bond acceptors (Lipinski definition) is 4. The fourth-order valence-electron chi connectivity index (χ4n) is 4.35. The molecule has 2 aromatic carbocycles. The molecule has 1 saturated heterocycles. The molecule has 0 radical (unpaired) electrons. The third-order valence-electron chi connectivity index (χ3n) is 6.22. The molecule has 0 N–H and O–H groups in total. The van der Waals surface area contributed by atoms with Crippen molar-refractivity contribution in [3.8, 4) is 5.69 Å². The van der Waals surface area contributed by atoms with E-state index in [1.807, 2.05) is 28.6 Å². The first-order valence-electron chi connectivity index (χ1n) is 11.2. The van der Waals surface area contributed by atoms with E-state index in [-0.39, 0.29) is 5.91 Å². The van der Waals surface area contributed by atoms with Crippen molar-refractivity contribution in [2.45, 2.75) is 20.3 Å². The molecular formula is C26H28N4OS. The molecule has 0 unspecified atom stereocenters. The van der Waals surface area contributed by atoms with E-state index in [4.69, 9.17) is 5.10 Å². The number of fused-ring (bicyclic) bond motifs is 1. The van der Waals surface area contributed by atoms with Crippen LogP contribution < -0.4 is 0 Å². The Labute approximate surface area is 192 Å². The summed E-state index contributed by atoms with van der Waals surface area (Å²) in [5.74, 6) is 0.143. The third kappa shape index (κ3) is 4.20. The molecule has 3 heterocycles. The summed E-state index contributed by atoms with van der Waals surface area (Å²) in [7, 11) is 0. The molecule has 164 valence electrons. The molecule has 2 aromatic heterocycles. The van der Waals surface area contributed by atoms with Crippen molar-refractivity contribution in [3.63, 3.8) is 0 Å². The summed E-state index contributed by atoms with van der Waals surface area (Å²) >= 11 is 1.55. The Kier molecular flexibility index (Phi) is 5.81. The van der Waals surface area contributed by atoms with Gasteiger partial charge in [0.2, 0.25) is 0 Å². The molecule has 0 spiro atoms. The van der Waals surface area contributed by atoms with Gasteiger partial charge in [0.15, 0.2) is 0 Å². The summed E-state index contributed by atoms with van der Waals surface area (Å²) in [6, 6.07) is 21.0. The van der Waals surface area contributed by atoms with Crippen LogP contribution in [0.25, 0.3) is 15.9 Å².